The number of nitrogen functional groups attached to an aromatic ring is 1. The normalized spacial score (nSPS) is 18.4. The maximum absolute atomic E-state index is 5.78. The highest BCUT2D eigenvalue weighted by molar-refractivity contribution is 7.10. The van der Waals surface area contributed by atoms with Crippen LogP contribution in [0.3, 0.4) is 0 Å². The van der Waals surface area contributed by atoms with Gasteiger partial charge in [-0.15, -0.1) is 11.3 Å². The van der Waals surface area contributed by atoms with E-state index in [9.17, 15) is 0 Å². The molecule has 0 bridgehead atoms. The Bertz CT molecular complexity index is 498. The van der Waals surface area contributed by atoms with Crippen LogP contribution >= 0.6 is 11.3 Å². The van der Waals surface area contributed by atoms with Gasteiger partial charge in [-0.25, -0.2) is 4.98 Å². The van der Waals surface area contributed by atoms with Crippen LogP contribution < -0.4 is 5.73 Å². The first kappa shape index (κ1) is 10.8. The van der Waals surface area contributed by atoms with E-state index in [1.54, 1.807) is 11.3 Å². The summed E-state index contributed by atoms with van der Waals surface area (Å²) in [6.45, 7) is 0. The molecule has 1 aromatic carbocycles. The molecule has 3 rings (SSSR count). The van der Waals surface area contributed by atoms with Gasteiger partial charge in [0.2, 0.25) is 0 Å². The Kier molecular flexibility index (Phi) is 2.63. The smallest absolute Gasteiger partial charge is 0.134 e. The molecule has 3 heteroatoms. The first-order valence-corrected chi connectivity index (χ1v) is 6.96. The maximum Gasteiger partial charge on any atom is 0.134 e. The van der Waals surface area contributed by atoms with Crippen LogP contribution in [-0.4, -0.2) is 4.98 Å². The van der Waals surface area contributed by atoms with Gasteiger partial charge in [0.1, 0.15) is 10.8 Å². The van der Waals surface area contributed by atoms with Crippen LogP contribution in [0, 0.1) is 0 Å². The van der Waals surface area contributed by atoms with E-state index < -0.39 is 0 Å². The van der Waals surface area contributed by atoms with Crippen molar-refractivity contribution < 1.29 is 0 Å². The van der Waals surface area contributed by atoms with E-state index in [1.165, 1.54) is 36.3 Å². The minimum Gasteiger partial charge on any atom is -0.383 e. The van der Waals surface area contributed by atoms with Crippen molar-refractivity contribution >= 4 is 17.2 Å². The van der Waals surface area contributed by atoms with Gasteiger partial charge in [-0.1, -0.05) is 43.2 Å². The third-order valence-corrected chi connectivity index (χ3v) is 4.78. The Morgan fingerprint density at radius 2 is 1.82 bits per heavy atom. The quantitative estimate of drug-likeness (QED) is 0.877. The molecule has 2 nitrogen and oxygen atoms in total. The summed E-state index contributed by atoms with van der Waals surface area (Å²) < 4.78 is 0. The zero-order valence-corrected chi connectivity index (χ0v) is 10.5. The van der Waals surface area contributed by atoms with E-state index in [0.29, 0.717) is 5.82 Å². The molecule has 2 N–H and O–H groups in total. The average Bonchev–Trinajstić information content (AvgIpc) is 2.99. The molecule has 1 saturated carbocycles. The van der Waals surface area contributed by atoms with E-state index in [2.05, 4.69) is 35.3 Å². The predicted octanol–water partition coefficient (Wildman–Crippen LogP) is 3.59. The SMILES string of the molecule is Nc1csc(C2(c3ccccc3)CCCC2)n1. The minimum atomic E-state index is 0.129. The van der Waals surface area contributed by atoms with Crippen LogP contribution in [0.2, 0.25) is 0 Å². The van der Waals surface area contributed by atoms with Crippen LogP contribution in [0.25, 0.3) is 0 Å². The predicted molar refractivity (Wildman–Crippen MR) is 72.2 cm³/mol. The summed E-state index contributed by atoms with van der Waals surface area (Å²) in [4.78, 5) is 4.54. The van der Waals surface area contributed by atoms with Crippen LogP contribution in [0.15, 0.2) is 35.7 Å². The van der Waals surface area contributed by atoms with Gasteiger partial charge in [0.15, 0.2) is 0 Å². The molecule has 1 heterocycles. The van der Waals surface area contributed by atoms with Crippen LogP contribution in [0.1, 0.15) is 36.3 Å². The Hall–Kier alpha value is -1.35. The lowest BCUT2D eigenvalue weighted by molar-refractivity contribution is 0.532. The monoisotopic (exact) mass is 244 g/mol. The first-order chi connectivity index (χ1) is 8.31. The van der Waals surface area contributed by atoms with Crippen LogP contribution in [-0.2, 0) is 5.41 Å². The molecule has 88 valence electrons. The second-order valence-electron chi connectivity index (χ2n) is 4.73. The lowest BCUT2D eigenvalue weighted by Crippen LogP contribution is -2.23. The molecule has 1 fully saturated rings. The number of benzene rings is 1. The molecule has 0 atom stereocenters. The Balaban J connectivity index is 2.11. The largest absolute Gasteiger partial charge is 0.383 e. The third-order valence-electron chi connectivity index (χ3n) is 3.71. The van der Waals surface area contributed by atoms with Crippen LogP contribution in [0.4, 0.5) is 5.82 Å². The molecule has 0 amide bonds. The van der Waals surface area contributed by atoms with Gasteiger partial charge in [-0.3, -0.25) is 0 Å². The van der Waals surface area contributed by atoms with E-state index in [-0.39, 0.29) is 5.41 Å². The van der Waals surface area contributed by atoms with Crippen molar-refractivity contribution in [3.63, 3.8) is 0 Å². The molecule has 1 aliphatic rings. The van der Waals surface area contributed by atoms with Gasteiger partial charge in [0, 0.05) is 10.8 Å². The minimum absolute atomic E-state index is 0.129. The third kappa shape index (κ3) is 1.75. The van der Waals surface area contributed by atoms with Crippen molar-refractivity contribution in [1.82, 2.24) is 4.98 Å². The zero-order valence-electron chi connectivity index (χ0n) is 9.73. The highest BCUT2D eigenvalue weighted by atomic mass is 32.1. The van der Waals surface area contributed by atoms with Crippen molar-refractivity contribution in [2.24, 2.45) is 0 Å². The second-order valence-corrected chi connectivity index (χ2v) is 5.59. The fourth-order valence-electron chi connectivity index (χ4n) is 2.87. The van der Waals surface area contributed by atoms with Crippen LogP contribution in [0.5, 0.6) is 0 Å². The number of anilines is 1. The van der Waals surface area contributed by atoms with Crippen molar-refractivity contribution in [1.29, 1.82) is 0 Å². The summed E-state index contributed by atoms with van der Waals surface area (Å²) in [5.74, 6) is 0.659. The molecule has 2 aromatic rings. The van der Waals surface area contributed by atoms with Crippen molar-refractivity contribution in [3.05, 3.63) is 46.3 Å². The summed E-state index contributed by atoms with van der Waals surface area (Å²) in [5.41, 5.74) is 7.31. The number of hydrogen-bond donors (Lipinski definition) is 1. The molecule has 0 saturated heterocycles. The number of hydrogen-bond acceptors (Lipinski definition) is 3. The van der Waals surface area contributed by atoms with Gasteiger partial charge in [-0.2, -0.15) is 0 Å². The topological polar surface area (TPSA) is 38.9 Å². The summed E-state index contributed by atoms with van der Waals surface area (Å²) >= 11 is 1.70. The van der Waals surface area contributed by atoms with E-state index >= 15 is 0 Å². The molecule has 1 aromatic heterocycles. The van der Waals surface area contributed by atoms with Crippen molar-refractivity contribution in [2.45, 2.75) is 31.1 Å². The highest BCUT2D eigenvalue weighted by Crippen LogP contribution is 2.47. The molecule has 0 radical (unpaired) electrons. The Labute approximate surface area is 106 Å². The summed E-state index contributed by atoms with van der Waals surface area (Å²) in [6, 6.07) is 10.8. The number of aromatic nitrogens is 1. The number of nitrogens with zero attached hydrogens (tertiary/aromatic N) is 1. The maximum atomic E-state index is 5.78. The van der Waals surface area contributed by atoms with Gasteiger partial charge in [-0.05, 0) is 18.4 Å². The van der Waals surface area contributed by atoms with Crippen molar-refractivity contribution in [2.75, 3.05) is 5.73 Å². The van der Waals surface area contributed by atoms with E-state index in [4.69, 9.17) is 5.73 Å². The summed E-state index contributed by atoms with van der Waals surface area (Å²) in [5, 5.41) is 3.15. The number of thiazole rings is 1. The summed E-state index contributed by atoms with van der Waals surface area (Å²) in [6.07, 6.45) is 4.97. The lowest BCUT2D eigenvalue weighted by atomic mass is 9.79. The van der Waals surface area contributed by atoms with Crippen molar-refractivity contribution in [3.8, 4) is 0 Å². The average molecular weight is 244 g/mol. The number of rotatable bonds is 2. The van der Waals surface area contributed by atoms with Gasteiger partial charge >= 0.3 is 0 Å². The highest BCUT2D eigenvalue weighted by Gasteiger charge is 2.39. The molecule has 17 heavy (non-hydrogen) atoms. The Morgan fingerprint density at radius 1 is 1.12 bits per heavy atom. The second kappa shape index (κ2) is 4.15. The summed E-state index contributed by atoms with van der Waals surface area (Å²) in [7, 11) is 0. The van der Waals surface area contributed by atoms with E-state index in [0.717, 1.165) is 0 Å². The van der Waals surface area contributed by atoms with Gasteiger partial charge in [0.05, 0.1) is 0 Å². The van der Waals surface area contributed by atoms with Gasteiger partial charge in [0.25, 0.3) is 0 Å². The van der Waals surface area contributed by atoms with Gasteiger partial charge < -0.3 is 5.73 Å². The molecule has 0 unspecified atom stereocenters. The number of nitrogens with two attached hydrogens (primary N) is 1. The molecular formula is C14H16N2S. The molecule has 0 spiro atoms. The Morgan fingerprint density at radius 3 is 2.41 bits per heavy atom. The fourth-order valence-corrected chi connectivity index (χ4v) is 3.86. The molecular weight excluding hydrogens is 228 g/mol. The lowest BCUT2D eigenvalue weighted by Gasteiger charge is -2.27. The molecule has 1 aliphatic carbocycles. The van der Waals surface area contributed by atoms with E-state index in [1.807, 2.05) is 5.38 Å². The molecule has 0 aliphatic heterocycles. The first-order valence-electron chi connectivity index (χ1n) is 6.08. The fraction of sp³-hybridized carbons (Fsp3) is 0.357. The standard InChI is InChI=1S/C14H16N2S/c15-12-10-17-13(16-12)14(8-4-5-9-14)11-6-2-1-3-7-11/h1-3,6-7,10H,4-5,8-9,15H2. The zero-order chi connectivity index (χ0) is 11.7.